The first kappa shape index (κ1) is 13.8. The van der Waals surface area contributed by atoms with Crippen LogP contribution in [0.5, 0.6) is 0 Å². The summed E-state index contributed by atoms with van der Waals surface area (Å²) in [5.41, 5.74) is 8.61. The zero-order chi connectivity index (χ0) is 15.2. The Bertz CT molecular complexity index is 768. The zero-order valence-electron chi connectivity index (χ0n) is 12.5. The van der Waals surface area contributed by atoms with Crippen LogP contribution in [0, 0.1) is 0 Å². The summed E-state index contributed by atoms with van der Waals surface area (Å²) >= 11 is 0. The standard InChI is InChI=1S/C16H19FN4/c1-16(2)7-6-14-20-12-5-4-10(8-13(12)21(14)16)15(18)11(17)9-19-3/h4-5,8-9H,6-7,18H2,1-3H3. The number of benzene rings is 1. The number of allylic oxidation sites excluding steroid dienone is 1. The average molecular weight is 286 g/mol. The van der Waals surface area contributed by atoms with E-state index in [1.807, 2.05) is 12.1 Å². The lowest BCUT2D eigenvalue weighted by Gasteiger charge is -2.22. The second kappa shape index (κ2) is 4.69. The number of nitrogens with two attached hydrogens (primary N) is 1. The van der Waals surface area contributed by atoms with E-state index < -0.39 is 5.83 Å². The monoisotopic (exact) mass is 286 g/mol. The van der Waals surface area contributed by atoms with Crippen molar-refractivity contribution in [3.8, 4) is 0 Å². The molecule has 1 aromatic heterocycles. The van der Waals surface area contributed by atoms with Crippen molar-refractivity contribution in [1.29, 1.82) is 0 Å². The highest BCUT2D eigenvalue weighted by Crippen LogP contribution is 2.36. The fourth-order valence-electron chi connectivity index (χ4n) is 2.99. The maximum absolute atomic E-state index is 13.8. The predicted molar refractivity (Wildman–Crippen MR) is 84.0 cm³/mol. The Labute approximate surface area is 123 Å². The molecule has 5 heteroatoms. The highest BCUT2D eigenvalue weighted by atomic mass is 19.1. The minimum absolute atomic E-state index is 0.0323. The molecule has 3 rings (SSSR count). The molecule has 110 valence electrons. The summed E-state index contributed by atoms with van der Waals surface area (Å²) in [6, 6.07) is 5.61. The van der Waals surface area contributed by atoms with Crippen LogP contribution in [0.3, 0.4) is 0 Å². The molecule has 2 aromatic rings. The van der Waals surface area contributed by atoms with Gasteiger partial charge in [-0.05, 0) is 32.4 Å². The molecule has 1 aliphatic heterocycles. The number of aromatic nitrogens is 2. The third kappa shape index (κ3) is 2.13. The minimum Gasteiger partial charge on any atom is -0.396 e. The first-order valence-electron chi connectivity index (χ1n) is 7.03. The van der Waals surface area contributed by atoms with Crippen molar-refractivity contribution in [3.05, 3.63) is 35.4 Å². The van der Waals surface area contributed by atoms with Gasteiger partial charge < -0.3 is 10.3 Å². The molecule has 0 saturated carbocycles. The van der Waals surface area contributed by atoms with E-state index in [0.717, 1.165) is 35.9 Å². The Morgan fingerprint density at radius 1 is 1.48 bits per heavy atom. The summed E-state index contributed by atoms with van der Waals surface area (Å²) in [7, 11) is 1.52. The lowest BCUT2D eigenvalue weighted by molar-refractivity contribution is 0.386. The van der Waals surface area contributed by atoms with E-state index in [2.05, 4.69) is 28.4 Å². The van der Waals surface area contributed by atoms with Crippen LogP contribution >= 0.6 is 0 Å². The Morgan fingerprint density at radius 2 is 2.24 bits per heavy atom. The number of rotatable bonds is 2. The van der Waals surface area contributed by atoms with Crippen LogP contribution in [0.4, 0.5) is 4.39 Å². The van der Waals surface area contributed by atoms with E-state index in [0.29, 0.717) is 5.56 Å². The number of hydrogen-bond donors (Lipinski definition) is 1. The number of hydrogen-bond acceptors (Lipinski definition) is 3. The number of imidazole rings is 1. The molecule has 2 heterocycles. The van der Waals surface area contributed by atoms with E-state index in [-0.39, 0.29) is 11.2 Å². The third-order valence-corrected chi connectivity index (χ3v) is 4.10. The Kier molecular flexibility index (Phi) is 3.08. The van der Waals surface area contributed by atoms with E-state index in [1.165, 1.54) is 7.05 Å². The molecule has 0 saturated heterocycles. The molecule has 0 spiro atoms. The fraction of sp³-hybridized carbons (Fsp3) is 0.375. The van der Waals surface area contributed by atoms with E-state index in [4.69, 9.17) is 5.73 Å². The van der Waals surface area contributed by atoms with Gasteiger partial charge in [-0.3, -0.25) is 4.99 Å². The van der Waals surface area contributed by atoms with Gasteiger partial charge in [0.05, 0.1) is 22.9 Å². The summed E-state index contributed by atoms with van der Waals surface area (Å²) < 4.78 is 16.1. The second-order valence-electron chi connectivity index (χ2n) is 6.03. The van der Waals surface area contributed by atoms with Gasteiger partial charge in [0, 0.05) is 24.6 Å². The van der Waals surface area contributed by atoms with Gasteiger partial charge >= 0.3 is 0 Å². The summed E-state index contributed by atoms with van der Waals surface area (Å²) in [5, 5.41) is 0. The predicted octanol–water partition coefficient (Wildman–Crippen LogP) is 3.02. The van der Waals surface area contributed by atoms with Gasteiger partial charge in [0.1, 0.15) is 5.82 Å². The molecule has 4 nitrogen and oxygen atoms in total. The Hall–Kier alpha value is -2.17. The molecule has 0 aliphatic carbocycles. The molecule has 1 aliphatic rings. The number of halogens is 1. The summed E-state index contributed by atoms with van der Waals surface area (Å²) in [4.78, 5) is 8.32. The molecular formula is C16H19FN4. The normalized spacial score (nSPS) is 18.3. The van der Waals surface area contributed by atoms with Crippen molar-refractivity contribution in [1.82, 2.24) is 9.55 Å². The molecule has 0 bridgehead atoms. The van der Waals surface area contributed by atoms with Gasteiger partial charge in [0.25, 0.3) is 0 Å². The summed E-state index contributed by atoms with van der Waals surface area (Å²) in [6.07, 6.45) is 3.17. The quantitative estimate of drug-likeness (QED) is 0.863. The van der Waals surface area contributed by atoms with Crippen molar-refractivity contribution in [2.24, 2.45) is 10.7 Å². The highest BCUT2D eigenvalue weighted by Gasteiger charge is 2.32. The van der Waals surface area contributed by atoms with Crippen molar-refractivity contribution in [2.45, 2.75) is 32.2 Å². The molecule has 0 fully saturated rings. The molecule has 0 unspecified atom stereocenters. The number of aryl methyl sites for hydroxylation is 1. The second-order valence-corrected chi connectivity index (χ2v) is 6.03. The van der Waals surface area contributed by atoms with Gasteiger partial charge in [0.15, 0.2) is 5.83 Å². The molecule has 0 atom stereocenters. The Morgan fingerprint density at radius 3 is 2.95 bits per heavy atom. The lowest BCUT2D eigenvalue weighted by Crippen LogP contribution is -2.21. The number of aliphatic imine (C=N–C) groups is 1. The van der Waals surface area contributed by atoms with Crippen molar-refractivity contribution >= 4 is 22.9 Å². The van der Waals surface area contributed by atoms with Crippen LogP contribution < -0.4 is 5.73 Å². The van der Waals surface area contributed by atoms with Crippen LogP contribution in [0.1, 0.15) is 31.7 Å². The van der Waals surface area contributed by atoms with Crippen molar-refractivity contribution in [3.63, 3.8) is 0 Å². The summed E-state index contributed by atoms with van der Waals surface area (Å²) in [6.45, 7) is 4.39. The summed E-state index contributed by atoms with van der Waals surface area (Å²) in [5.74, 6) is 0.572. The van der Waals surface area contributed by atoms with Crippen LogP contribution in [-0.2, 0) is 12.0 Å². The van der Waals surface area contributed by atoms with E-state index >= 15 is 0 Å². The molecule has 21 heavy (non-hydrogen) atoms. The van der Waals surface area contributed by atoms with Gasteiger partial charge in [-0.1, -0.05) is 6.07 Å². The number of fused-ring (bicyclic) bond motifs is 3. The van der Waals surface area contributed by atoms with Gasteiger partial charge in [-0.25, -0.2) is 9.37 Å². The maximum atomic E-state index is 13.8. The van der Waals surface area contributed by atoms with Crippen LogP contribution in [0.2, 0.25) is 0 Å². The minimum atomic E-state index is -0.516. The molecule has 2 N–H and O–H groups in total. The topological polar surface area (TPSA) is 56.2 Å². The number of nitrogens with zero attached hydrogens (tertiary/aromatic N) is 3. The van der Waals surface area contributed by atoms with Crippen LogP contribution in [0.25, 0.3) is 16.7 Å². The first-order valence-corrected chi connectivity index (χ1v) is 7.03. The van der Waals surface area contributed by atoms with Gasteiger partial charge in [-0.2, -0.15) is 0 Å². The highest BCUT2D eigenvalue weighted by molar-refractivity contribution is 5.90. The molecule has 0 amide bonds. The van der Waals surface area contributed by atoms with Gasteiger partial charge in [0.2, 0.25) is 0 Å². The van der Waals surface area contributed by atoms with Gasteiger partial charge in [-0.15, -0.1) is 0 Å². The average Bonchev–Trinajstić information content (AvgIpc) is 2.95. The molecular weight excluding hydrogens is 267 g/mol. The van der Waals surface area contributed by atoms with E-state index in [9.17, 15) is 4.39 Å². The fourth-order valence-corrected chi connectivity index (χ4v) is 2.99. The largest absolute Gasteiger partial charge is 0.396 e. The first-order chi connectivity index (χ1) is 9.94. The molecule has 1 aromatic carbocycles. The molecule has 0 radical (unpaired) electrons. The smallest absolute Gasteiger partial charge is 0.164 e. The van der Waals surface area contributed by atoms with Crippen LogP contribution in [-0.4, -0.2) is 22.8 Å². The zero-order valence-corrected chi connectivity index (χ0v) is 12.5. The van der Waals surface area contributed by atoms with Crippen molar-refractivity contribution in [2.75, 3.05) is 7.05 Å². The lowest BCUT2D eigenvalue weighted by atomic mass is 10.0. The maximum Gasteiger partial charge on any atom is 0.164 e. The Balaban J connectivity index is 2.19. The van der Waals surface area contributed by atoms with Crippen molar-refractivity contribution < 1.29 is 4.39 Å². The van der Waals surface area contributed by atoms with E-state index in [1.54, 1.807) is 6.07 Å². The van der Waals surface area contributed by atoms with Crippen LogP contribution in [0.15, 0.2) is 29.0 Å². The third-order valence-electron chi connectivity index (χ3n) is 4.10. The SMILES string of the molecule is CN=CC(F)=C(N)c1ccc2nc3n(c2c1)C(C)(C)CC3.